The molecule has 0 aliphatic carbocycles. The zero-order valence-electron chi connectivity index (χ0n) is 18.5. The van der Waals surface area contributed by atoms with Crippen LogP contribution in [0.5, 0.6) is 5.75 Å². The first-order chi connectivity index (χ1) is 15.2. The number of rotatable bonds is 4. The molecule has 10 nitrogen and oxygen atoms in total. The predicted molar refractivity (Wildman–Crippen MR) is 119 cm³/mol. The molecule has 0 saturated carbocycles. The Morgan fingerprint density at radius 3 is 2.69 bits per heavy atom. The number of ether oxygens (including phenoxy) is 2. The maximum atomic E-state index is 12.2. The second-order valence-electron chi connectivity index (χ2n) is 8.18. The molecule has 0 aliphatic rings. The van der Waals surface area contributed by atoms with E-state index in [1.807, 2.05) is 17.4 Å². The Bertz CT molecular complexity index is 1300. The van der Waals surface area contributed by atoms with E-state index in [1.54, 1.807) is 51.4 Å². The molecular weight excluding hydrogens is 412 g/mol. The highest BCUT2D eigenvalue weighted by Gasteiger charge is 2.21. The highest BCUT2D eigenvalue weighted by Crippen LogP contribution is 2.36. The number of amides is 1. The SMILES string of the molecule is COc1cc(-c2nc(-c3cc(C)on3)n3ccnc(N)c23)ccc1NC(=O)OC(C)(C)C. The molecule has 1 aromatic carbocycles. The van der Waals surface area contributed by atoms with E-state index in [-0.39, 0.29) is 0 Å². The zero-order chi connectivity index (χ0) is 23.0. The summed E-state index contributed by atoms with van der Waals surface area (Å²) >= 11 is 0. The lowest BCUT2D eigenvalue weighted by molar-refractivity contribution is 0.0635. The van der Waals surface area contributed by atoms with Gasteiger partial charge in [0.05, 0.1) is 12.8 Å². The minimum absolute atomic E-state index is 0.316. The third-order valence-corrected chi connectivity index (χ3v) is 4.55. The van der Waals surface area contributed by atoms with Gasteiger partial charge in [0.1, 0.15) is 39.8 Å². The van der Waals surface area contributed by atoms with Crippen LogP contribution in [-0.2, 0) is 4.74 Å². The smallest absolute Gasteiger partial charge is 0.412 e. The maximum Gasteiger partial charge on any atom is 0.412 e. The van der Waals surface area contributed by atoms with Gasteiger partial charge < -0.3 is 19.7 Å². The van der Waals surface area contributed by atoms with Gasteiger partial charge in [0.25, 0.3) is 0 Å². The molecule has 3 aromatic heterocycles. The van der Waals surface area contributed by atoms with Gasteiger partial charge in [-0.15, -0.1) is 0 Å². The number of nitrogens with one attached hydrogen (secondary N) is 1. The van der Waals surface area contributed by atoms with Gasteiger partial charge in [-0.1, -0.05) is 11.2 Å². The average molecular weight is 436 g/mol. The van der Waals surface area contributed by atoms with Gasteiger partial charge in [0.15, 0.2) is 5.82 Å². The molecule has 1 amide bonds. The fraction of sp³-hybridized carbons (Fsp3) is 0.273. The van der Waals surface area contributed by atoms with Crippen molar-refractivity contribution in [3.8, 4) is 28.5 Å². The lowest BCUT2D eigenvalue weighted by Crippen LogP contribution is -2.27. The number of anilines is 2. The van der Waals surface area contributed by atoms with Crippen molar-refractivity contribution in [2.45, 2.75) is 33.3 Å². The fourth-order valence-electron chi connectivity index (χ4n) is 3.27. The van der Waals surface area contributed by atoms with Crippen LogP contribution >= 0.6 is 0 Å². The third-order valence-electron chi connectivity index (χ3n) is 4.55. The van der Waals surface area contributed by atoms with Crippen molar-refractivity contribution in [2.24, 2.45) is 0 Å². The molecule has 10 heteroatoms. The highest BCUT2D eigenvalue weighted by atomic mass is 16.6. The van der Waals surface area contributed by atoms with Crippen molar-refractivity contribution in [3.05, 3.63) is 42.4 Å². The standard InChI is InChI=1S/C22H24N6O4/c1-12-10-15(27-32-12)20-26-17(18-19(23)24-8-9-28(18)20)13-6-7-14(16(11-13)30-5)25-21(29)31-22(2,3)4/h6-11H,1-5H3,(H2,23,24)(H,25,29). The summed E-state index contributed by atoms with van der Waals surface area (Å²) in [5.41, 5.74) is 8.55. The maximum absolute atomic E-state index is 12.2. The summed E-state index contributed by atoms with van der Waals surface area (Å²) in [4.78, 5) is 21.2. The number of benzene rings is 1. The van der Waals surface area contributed by atoms with E-state index >= 15 is 0 Å². The molecule has 0 spiro atoms. The molecule has 3 heterocycles. The Balaban J connectivity index is 1.78. The quantitative estimate of drug-likeness (QED) is 0.484. The summed E-state index contributed by atoms with van der Waals surface area (Å²) < 4.78 is 17.8. The number of fused-ring (bicyclic) bond motifs is 1. The lowest BCUT2D eigenvalue weighted by Gasteiger charge is -2.20. The number of hydrogen-bond acceptors (Lipinski definition) is 8. The van der Waals surface area contributed by atoms with Gasteiger partial charge in [0.2, 0.25) is 0 Å². The van der Waals surface area contributed by atoms with Crippen LogP contribution in [-0.4, -0.2) is 38.3 Å². The molecule has 4 rings (SSSR count). The summed E-state index contributed by atoms with van der Waals surface area (Å²) in [5.74, 6) is 1.99. The predicted octanol–water partition coefficient (Wildman–Crippen LogP) is 4.30. The monoisotopic (exact) mass is 436 g/mol. The summed E-state index contributed by atoms with van der Waals surface area (Å²) in [6.07, 6.45) is 2.78. The number of aryl methyl sites for hydroxylation is 1. The van der Waals surface area contributed by atoms with Crippen LogP contribution in [0.3, 0.4) is 0 Å². The molecule has 0 unspecified atom stereocenters. The summed E-state index contributed by atoms with van der Waals surface area (Å²) in [5, 5.41) is 6.78. The Morgan fingerprint density at radius 1 is 1.25 bits per heavy atom. The molecule has 4 aromatic rings. The number of nitrogens with two attached hydrogens (primary N) is 1. The van der Waals surface area contributed by atoms with Gasteiger partial charge in [-0.3, -0.25) is 9.72 Å². The van der Waals surface area contributed by atoms with Crippen molar-refractivity contribution in [1.82, 2.24) is 19.5 Å². The molecular formula is C22H24N6O4. The van der Waals surface area contributed by atoms with E-state index < -0.39 is 11.7 Å². The molecule has 0 saturated heterocycles. The van der Waals surface area contributed by atoms with Gasteiger partial charge in [-0.25, -0.2) is 14.8 Å². The molecule has 0 atom stereocenters. The first-order valence-electron chi connectivity index (χ1n) is 9.91. The van der Waals surface area contributed by atoms with E-state index in [0.29, 0.717) is 45.7 Å². The van der Waals surface area contributed by atoms with Gasteiger partial charge in [-0.2, -0.15) is 0 Å². The van der Waals surface area contributed by atoms with Gasteiger partial charge >= 0.3 is 6.09 Å². The first kappa shape index (κ1) is 21.2. The van der Waals surface area contributed by atoms with Crippen molar-refractivity contribution < 1.29 is 18.8 Å². The normalized spacial score (nSPS) is 11.5. The summed E-state index contributed by atoms with van der Waals surface area (Å²) in [6.45, 7) is 7.19. The Labute approximate surface area is 184 Å². The minimum Gasteiger partial charge on any atom is -0.495 e. The van der Waals surface area contributed by atoms with E-state index in [0.717, 1.165) is 5.56 Å². The summed E-state index contributed by atoms with van der Waals surface area (Å²) in [7, 11) is 1.52. The number of methoxy groups -OCH3 is 1. The van der Waals surface area contributed by atoms with Crippen LogP contribution in [0.1, 0.15) is 26.5 Å². The van der Waals surface area contributed by atoms with Crippen LogP contribution in [0, 0.1) is 6.92 Å². The largest absolute Gasteiger partial charge is 0.495 e. The Kier molecular flexibility index (Phi) is 5.21. The molecule has 166 valence electrons. The lowest BCUT2D eigenvalue weighted by atomic mass is 10.1. The molecule has 0 fully saturated rings. The van der Waals surface area contributed by atoms with Crippen LogP contribution in [0.4, 0.5) is 16.3 Å². The van der Waals surface area contributed by atoms with E-state index in [9.17, 15) is 4.79 Å². The Hall–Kier alpha value is -4.08. The highest BCUT2D eigenvalue weighted by molar-refractivity contribution is 5.91. The van der Waals surface area contributed by atoms with Crippen molar-refractivity contribution in [1.29, 1.82) is 0 Å². The van der Waals surface area contributed by atoms with E-state index in [1.165, 1.54) is 7.11 Å². The molecule has 0 bridgehead atoms. The van der Waals surface area contributed by atoms with Gasteiger partial charge in [0, 0.05) is 24.0 Å². The average Bonchev–Trinajstić information content (AvgIpc) is 3.31. The van der Waals surface area contributed by atoms with Gasteiger partial charge in [-0.05, 0) is 39.8 Å². The first-order valence-corrected chi connectivity index (χ1v) is 9.91. The van der Waals surface area contributed by atoms with Crippen molar-refractivity contribution >= 4 is 23.1 Å². The second-order valence-corrected chi connectivity index (χ2v) is 8.18. The summed E-state index contributed by atoms with van der Waals surface area (Å²) in [6, 6.07) is 7.08. The van der Waals surface area contributed by atoms with E-state index in [4.69, 9.17) is 24.7 Å². The molecule has 32 heavy (non-hydrogen) atoms. The number of carbonyl (C=O) groups excluding carboxylic acids is 1. The van der Waals surface area contributed by atoms with Crippen molar-refractivity contribution in [3.63, 3.8) is 0 Å². The molecule has 3 N–H and O–H groups in total. The topological polar surface area (TPSA) is 130 Å². The fourth-order valence-corrected chi connectivity index (χ4v) is 3.27. The molecule has 0 radical (unpaired) electrons. The zero-order valence-corrected chi connectivity index (χ0v) is 18.5. The van der Waals surface area contributed by atoms with Crippen LogP contribution < -0.4 is 15.8 Å². The van der Waals surface area contributed by atoms with E-state index in [2.05, 4.69) is 15.5 Å². The number of aromatic nitrogens is 4. The number of carbonyl (C=O) groups is 1. The van der Waals surface area contributed by atoms with Crippen LogP contribution in [0.2, 0.25) is 0 Å². The van der Waals surface area contributed by atoms with Crippen LogP contribution in [0.15, 0.2) is 41.2 Å². The second kappa shape index (κ2) is 7.88. The van der Waals surface area contributed by atoms with Crippen molar-refractivity contribution in [2.75, 3.05) is 18.2 Å². The molecule has 0 aliphatic heterocycles. The number of imidazole rings is 1. The van der Waals surface area contributed by atoms with Crippen LogP contribution in [0.25, 0.3) is 28.3 Å². The minimum atomic E-state index is -0.618. The third kappa shape index (κ3) is 4.07. The Morgan fingerprint density at radius 2 is 2.03 bits per heavy atom. The number of nitrogens with zero attached hydrogens (tertiary/aromatic N) is 4. The number of hydrogen-bond donors (Lipinski definition) is 2. The number of nitrogen functional groups attached to an aromatic ring is 1.